The van der Waals surface area contributed by atoms with Gasteiger partial charge in [-0.15, -0.1) is 12.4 Å². The van der Waals surface area contributed by atoms with Crippen molar-refractivity contribution in [3.05, 3.63) is 22.7 Å². The fourth-order valence-corrected chi connectivity index (χ4v) is 1.21. The molecule has 15 heavy (non-hydrogen) atoms. The van der Waals surface area contributed by atoms with E-state index in [9.17, 15) is 9.90 Å². The van der Waals surface area contributed by atoms with E-state index in [0.717, 1.165) is 4.47 Å². The van der Waals surface area contributed by atoms with Gasteiger partial charge in [-0.2, -0.15) is 0 Å². The summed E-state index contributed by atoms with van der Waals surface area (Å²) in [6, 6.07) is 4.21. The van der Waals surface area contributed by atoms with Crippen LogP contribution in [0.5, 0.6) is 5.75 Å². The van der Waals surface area contributed by atoms with Crippen molar-refractivity contribution in [2.75, 3.05) is 5.32 Å². The van der Waals surface area contributed by atoms with Crippen LogP contribution in [0.1, 0.15) is 6.92 Å². The van der Waals surface area contributed by atoms with Crippen molar-refractivity contribution in [2.24, 2.45) is 5.73 Å². The number of phenolic OH excluding ortho intramolecular Hbond substituents is 1. The highest BCUT2D eigenvalue weighted by Gasteiger charge is 2.09. The van der Waals surface area contributed by atoms with Crippen molar-refractivity contribution >= 4 is 39.9 Å². The Morgan fingerprint density at radius 3 is 2.67 bits per heavy atom. The Labute approximate surface area is 102 Å². The first-order chi connectivity index (χ1) is 6.50. The van der Waals surface area contributed by atoms with Gasteiger partial charge in [-0.3, -0.25) is 4.79 Å². The molecule has 0 saturated carbocycles. The lowest BCUT2D eigenvalue weighted by Gasteiger charge is -2.09. The van der Waals surface area contributed by atoms with E-state index in [2.05, 4.69) is 21.2 Å². The van der Waals surface area contributed by atoms with Crippen molar-refractivity contribution in [3.63, 3.8) is 0 Å². The van der Waals surface area contributed by atoms with E-state index in [0.29, 0.717) is 5.69 Å². The van der Waals surface area contributed by atoms with E-state index in [1.54, 1.807) is 19.1 Å². The average Bonchev–Trinajstić information content (AvgIpc) is 2.09. The number of nitrogens with one attached hydrogen (secondary N) is 1. The molecule has 0 radical (unpaired) electrons. The molecule has 1 aromatic carbocycles. The summed E-state index contributed by atoms with van der Waals surface area (Å²) in [7, 11) is 0. The van der Waals surface area contributed by atoms with Crippen LogP contribution in [-0.4, -0.2) is 17.1 Å². The predicted octanol–water partition coefficient (Wildman–Crippen LogP) is 1.86. The first kappa shape index (κ1) is 14.2. The molecule has 1 unspecified atom stereocenters. The molecule has 1 rings (SSSR count). The van der Waals surface area contributed by atoms with Crippen LogP contribution in [0.25, 0.3) is 0 Å². The average molecular weight is 296 g/mol. The number of aromatic hydroxyl groups is 1. The molecule has 0 aliphatic rings. The van der Waals surface area contributed by atoms with Crippen molar-refractivity contribution < 1.29 is 9.90 Å². The quantitative estimate of drug-likeness (QED) is 0.729. The highest BCUT2D eigenvalue weighted by atomic mass is 79.9. The second-order valence-corrected chi connectivity index (χ2v) is 3.86. The maximum Gasteiger partial charge on any atom is 0.241 e. The number of carbonyl (C=O) groups is 1. The smallest absolute Gasteiger partial charge is 0.241 e. The van der Waals surface area contributed by atoms with Crippen LogP contribution >= 0.6 is 28.3 Å². The highest BCUT2D eigenvalue weighted by molar-refractivity contribution is 9.10. The van der Waals surface area contributed by atoms with Crippen molar-refractivity contribution in [1.82, 2.24) is 0 Å². The van der Waals surface area contributed by atoms with Crippen LogP contribution in [0, 0.1) is 0 Å². The molecule has 1 aromatic rings. The van der Waals surface area contributed by atoms with Gasteiger partial charge in [0.2, 0.25) is 5.91 Å². The lowest BCUT2D eigenvalue weighted by atomic mass is 10.2. The summed E-state index contributed by atoms with van der Waals surface area (Å²) in [6.45, 7) is 1.57. The van der Waals surface area contributed by atoms with Crippen molar-refractivity contribution in [3.8, 4) is 5.75 Å². The van der Waals surface area contributed by atoms with E-state index in [1.165, 1.54) is 6.07 Å². The SMILES string of the molecule is CC(N)C(=O)Nc1ccc(Br)cc1O.Cl. The normalized spacial score (nSPS) is 11.4. The number of halogens is 2. The van der Waals surface area contributed by atoms with Crippen LogP contribution in [0.4, 0.5) is 5.69 Å². The minimum absolute atomic E-state index is 0. The van der Waals surface area contributed by atoms with Crippen molar-refractivity contribution in [1.29, 1.82) is 0 Å². The summed E-state index contributed by atoms with van der Waals surface area (Å²) in [6.07, 6.45) is 0. The van der Waals surface area contributed by atoms with Crippen LogP contribution < -0.4 is 11.1 Å². The number of amides is 1. The number of nitrogens with two attached hydrogens (primary N) is 1. The van der Waals surface area contributed by atoms with Gasteiger partial charge in [0.25, 0.3) is 0 Å². The van der Waals surface area contributed by atoms with E-state index >= 15 is 0 Å². The molecule has 6 heteroatoms. The first-order valence-electron chi connectivity index (χ1n) is 4.05. The van der Waals surface area contributed by atoms with E-state index < -0.39 is 6.04 Å². The molecule has 4 nitrogen and oxygen atoms in total. The fourth-order valence-electron chi connectivity index (χ4n) is 0.857. The van der Waals surface area contributed by atoms with Crippen LogP contribution in [-0.2, 0) is 4.79 Å². The van der Waals surface area contributed by atoms with Crippen LogP contribution in [0.3, 0.4) is 0 Å². The summed E-state index contributed by atoms with van der Waals surface area (Å²) in [5.74, 6) is -0.323. The largest absolute Gasteiger partial charge is 0.506 e. The van der Waals surface area contributed by atoms with Gasteiger partial charge >= 0.3 is 0 Å². The van der Waals surface area contributed by atoms with Crippen LogP contribution in [0.15, 0.2) is 22.7 Å². The zero-order valence-corrected chi connectivity index (χ0v) is 10.4. The zero-order chi connectivity index (χ0) is 10.7. The highest BCUT2D eigenvalue weighted by Crippen LogP contribution is 2.26. The van der Waals surface area contributed by atoms with E-state index in [4.69, 9.17) is 5.73 Å². The minimum Gasteiger partial charge on any atom is -0.506 e. The van der Waals surface area contributed by atoms with Crippen LogP contribution in [0.2, 0.25) is 0 Å². The number of hydrogen-bond acceptors (Lipinski definition) is 3. The molecular formula is C9H12BrClN2O2. The van der Waals surface area contributed by atoms with Gasteiger partial charge in [0, 0.05) is 4.47 Å². The molecule has 0 saturated heterocycles. The van der Waals surface area contributed by atoms with Gasteiger partial charge in [-0.05, 0) is 25.1 Å². The van der Waals surface area contributed by atoms with Gasteiger partial charge in [-0.1, -0.05) is 15.9 Å². The standard InChI is InChI=1S/C9H11BrN2O2.ClH/c1-5(11)9(14)12-7-3-2-6(10)4-8(7)13;/h2-5,13H,11H2,1H3,(H,12,14);1H. The third-order valence-electron chi connectivity index (χ3n) is 1.63. The number of hydrogen-bond donors (Lipinski definition) is 3. The van der Waals surface area contributed by atoms with Crippen molar-refractivity contribution in [2.45, 2.75) is 13.0 Å². The Kier molecular flexibility index (Phi) is 5.64. The Hall–Kier alpha value is -0.780. The Morgan fingerprint density at radius 1 is 1.60 bits per heavy atom. The number of phenols is 1. The topological polar surface area (TPSA) is 75.4 Å². The molecule has 0 spiro atoms. The maximum absolute atomic E-state index is 11.2. The Bertz CT molecular complexity index is 358. The second kappa shape index (κ2) is 5.95. The van der Waals surface area contributed by atoms with E-state index in [1.807, 2.05) is 0 Å². The van der Waals surface area contributed by atoms with Gasteiger partial charge < -0.3 is 16.2 Å². The summed E-state index contributed by atoms with van der Waals surface area (Å²) in [4.78, 5) is 11.2. The molecule has 0 bridgehead atoms. The minimum atomic E-state index is -0.599. The first-order valence-corrected chi connectivity index (χ1v) is 4.85. The van der Waals surface area contributed by atoms with E-state index in [-0.39, 0.29) is 24.1 Å². The number of benzene rings is 1. The molecular weight excluding hydrogens is 283 g/mol. The zero-order valence-electron chi connectivity index (χ0n) is 8.03. The molecule has 0 heterocycles. The summed E-state index contributed by atoms with van der Waals surface area (Å²) >= 11 is 3.19. The van der Waals surface area contributed by atoms with Gasteiger partial charge in [-0.25, -0.2) is 0 Å². The molecule has 0 aromatic heterocycles. The summed E-state index contributed by atoms with van der Waals surface area (Å²) in [5, 5.41) is 11.9. The molecule has 1 atom stereocenters. The van der Waals surface area contributed by atoms with Gasteiger partial charge in [0.15, 0.2) is 0 Å². The third kappa shape index (κ3) is 4.07. The predicted molar refractivity (Wildman–Crippen MR) is 65.3 cm³/mol. The third-order valence-corrected chi connectivity index (χ3v) is 2.12. The number of rotatable bonds is 2. The molecule has 84 valence electrons. The summed E-state index contributed by atoms with van der Waals surface area (Å²) in [5.41, 5.74) is 5.72. The Balaban J connectivity index is 0.00000196. The molecule has 1 amide bonds. The lowest BCUT2D eigenvalue weighted by Crippen LogP contribution is -2.32. The lowest BCUT2D eigenvalue weighted by molar-refractivity contribution is -0.117. The molecule has 0 aliphatic heterocycles. The van der Waals surface area contributed by atoms with Gasteiger partial charge in [0.1, 0.15) is 5.75 Å². The second-order valence-electron chi connectivity index (χ2n) is 2.94. The number of carbonyl (C=O) groups excluding carboxylic acids is 1. The monoisotopic (exact) mass is 294 g/mol. The fraction of sp³-hybridized carbons (Fsp3) is 0.222. The Morgan fingerprint density at radius 2 is 2.20 bits per heavy atom. The molecule has 4 N–H and O–H groups in total. The van der Waals surface area contributed by atoms with Gasteiger partial charge in [0.05, 0.1) is 11.7 Å². The molecule has 0 aliphatic carbocycles. The maximum atomic E-state index is 11.2. The number of anilines is 1. The summed E-state index contributed by atoms with van der Waals surface area (Å²) < 4.78 is 0.744. The molecule has 0 fully saturated rings.